The van der Waals surface area contributed by atoms with Gasteiger partial charge in [0.15, 0.2) is 0 Å². The molecule has 0 amide bonds. The van der Waals surface area contributed by atoms with Crippen LogP contribution in [0.5, 0.6) is 0 Å². The lowest BCUT2D eigenvalue weighted by Crippen LogP contribution is -2.39. The summed E-state index contributed by atoms with van der Waals surface area (Å²) in [6.45, 7) is 4.56. The first-order valence-electron chi connectivity index (χ1n) is 6.84. The number of hydrogen-bond donors (Lipinski definition) is 2. The van der Waals surface area contributed by atoms with E-state index in [2.05, 4.69) is 31.0 Å². The van der Waals surface area contributed by atoms with Crippen LogP contribution >= 0.6 is 11.8 Å². The van der Waals surface area contributed by atoms with Gasteiger partial charge in [-0.15, -0.1) is 0 Å². The molecule has 1 fully saturated rings. The lowest BCUT2D eigenvalue weighted by molar-refractivity contribution is 0.308. The van der Waals surface area contributed by atoms with Gasteiger partial charge in [-0.2, -0.15) is 11.8 Å². The Hall–Kier alpha value is 0.270. The fourth-order valence-electron chi connectivity index (χ4n) is 2.41. The van der Waals surface area contributed by atoms with Gasteiger partial charge in [0.25, 0.3) is 0 Å². The third-order valence-electron chi connectivity index (χ3n) is 3.74. The molecule has 0 aromatic rings. The van der Waals surface area contributed by atoms with E-state index in [1.54, 1.807) is 0 Å². The number of nitrogens with two attached hydrogens (primary N) is 1. The summed E-state index contributed by atoms with van der Waals surface area (Å²) in [4.78, 5) is 0. The van der Waals surface area contributed by atoms with Gasteiger partial charge in [0.1, 0.15) is 0 Å². The number of hydrazine groups is 1. The summed E-state index contributed by atoms with van der Waals surface area (Å²) in [5, 5.41) is 0.766. The molecule has 0 radical (unpaired) electrons. The second-order valence-corrected chi connectivity index (χ2v) is 6.63. The summed E-state index contributed by atoms with van der Waals surface area (Å²) in [7, 11) is 0. The van der Waals surface area contributed by atoms with Crippen molar-refractivity contribution >= 4 is 11.8 Å². The highest BCUT2D eigenvalue weighted by atomic mass is 32.2. The monoisotopic (exact) mass is 244 g/mol. The van der Waals surface area contributed by atoms with Crippen molar-refractivity contribution in [3.05, 3.63) is 0 Å². The van der Waals surface area contributed by atoms with E-state index < -0.39 is 0 Å². The molecule has 96 valence electrons. The Balaban J connectivity index is 2.19. The number of hydrogen-bond acceptors (Lipinski definition) is 3. The number of thioether (sulfide) groups is 1. The second kappa shape index (κ2) is 8.37. The van der Waals surface area contributed by atoms with Crippen LogP contribution in [0.15, 0.2) is 0 Å². The first-order chi connectivity index (χ1) is 7.76. The molecule has 16 heavy (non-hydrogen) atoms. The molecule has 0 aliphatic heterocycles. The van der Waals surface area contributed by atoms with Gasteiger partial charge in [-0.3, -0.25) is 11.3 Å². The normalized spacial score (nSPS) is 21.9. The maximum atomic E-state index is 5.65. The number of nitrogens with one attached hydrogen (secondary N) is 1. The van der Waals surface area contributed by atoms with Crippen LogP contribution in [0.2, 0.25) is 0 Å². The van der Waals surface area contributed by atoms with Crippen LogP contribution in [0.3, 0.4) is 0 Å². The molecule has 1 aliphatic carbocycles. The zero-order valence-electron chi connectivity index (χ0n) is 10.9. The van der Waals surface area contributed by atoms with Gasteiger partial charge in [0, 0.05) is 17.0 Å². The third kappa shape index (κ3) is 5.55. The highest BCUT2D eigenvalue weighted by Gasteiger charge is 2.18. The summed E-state index contributed by atoms with van der Waals surface area (Å²) in [6.07, 6.45) is 9.68. The largest absolute Gasteiger partial charge is 0.271 e. The average Bonchev–Trinajstić information content (AvgIpc) is 2.35. The molecule has 0 heterocycles. The van der Waals surface area contributed by atoms with E-state index in [0.717, 1.165) is 11.2 Å². The SMILES string of the molecule is CCC(C)SCC(CC1CCCCC1)NN. The Bertz CT molecular complexity index is 169. The quantitative estimate of drug-likeness (QED) is 0.533. The lowest BCUT2D eigenvalue weighted by Gasteiger charge is -2.26. The summed E-state index contributed by atoms with van der Waals surface area (Å²) in [5.41, 5.74) is 3.01. The molecule has 1 rings (SSSR count). The predicted octanol–water partition coefficient (Wildman–Crippen LogP) is 3.32. The molecular weight excluding hydrogens is 216 g/mol. The van der Waals surface area contributed by atoms with Crippen molar-refractivity contribution < 1.29 is 0 Å². The van der Waals surface area contributed by atoms with Gasteiger partial charge in [0.05, 0.1) is 0 Å². The Labute approximate surface area is 105 Å². The molecule has 3 heteroatoms. The molecule has 3 N–H and O–H groups in total. The van der Waals surface area contributed by atoms with Gasteiger partial charge < -0.3 is 0 Å². The van der Waals surface area contributed by atoms with E-state index in [4.69, 9.17) is 5.84 Å². The van der Waals surface area contributed by atoms with E-state index in [9.17, 15) is 0 Å². The van der Waals surface area contributed by atoms with Gasteiger partial charge in [-0.25, -0.2) is 0 Å². The van der Waals surface area contributed by atoms with Gasteiger partial charge in [0.2, 0.25) is 0 Å². The average molecular weight is 244 g/mol. The standard InChI is InChI=1S/C13H28N2S/c1-3-11(2)16-10-13(15-14)9-12-7-5-4-6-8-12/h11-13,15H,3-10,14H2,1-2H3. The van der Waals surface area contributed by atoms with E-state index in [0.29, 0.717) is 6.04 Å². The summed E-state index contributed by atoms with van der Waals surface area (Å²) >= 11 is 2.06. The van der Waals surface area contributed by atoms with Crippen LogP contribution in [0, 0.1) is 5.92 Å². The molecule has 0 aromatic carbocycles. The Morgan fingerprint density at radius 1 is 1.31 bits per heavy atom. The Kier molecular flexibility index (Phi) is 7.50. The molecule has 2 nitrogen and oxygen atoms in total. The minimum Gasteiger partial charge on any atom is -0.271 e. The first kappa shape index (κ1) is 14.3. The van der Waals surface area contributed by atoms with Crippen LogP contribution in [0.1, 0.15) is 58.8 Å². The van der Waals surface area contributed by atoms with Gasteiger partial charge in [-0.05, 0) is 18.8 Å². The van der Waals surface area contributed by atoms with Crippen molar-refractivity contribution in [1.82, 2.24) is 5.43 Å². The van der Waals surface area contributed by atoms with E-state index in [1.165, 1.54) is 50.7 Å². The molecule has 1 aliphatic rings. The van der Waals surface area contributed by atoms with Gasteiger partial charge >= 0.3 is 0 Å². The highest BCUT2D eigenvalue weighted by molar-refractivity contribution is 7.99. The van der Waals surface area contributed by atoms with E-state index >= 15 is 0 Å². The van der Waals surface area contributed by atoms with Crippen LogP contribution in [0.4, 0.5) is 0 Å². The highest BCUT2D eigenvalue weighted by Crippen LogP contribution is 2.28. The minimum atomic E-state index is 0.516. The lowest BCUT2D eigenvalue weighted by atomic mass is 9.85. The zero-order chi connectivity index (χ0) is 11.8. The molecule has 0 saturated heterocycles. The van der Waals surface area contributed by atoms with E-state index in [1.807, 2.05) is 0 Å². The van der Waals surface area contributed by atoms with Crippen LogP contribution in [0.25, 0.3) is 0 Å². The van der Waals surface area contributed by atoms with Crippen molar-refractivity contribution in [3.63, 3.8) is 0 Å². The minimum absolute atomic E-state index is 0.516. The molecular formula is C13H28N2S. The fraction of sp³-hybridized carbons (Fsp3) is 1.00. The van der Waals surface area contributed by atoms with Crippen LogP contribution in [-0.4, -0.2) is 17.0 Å². The van der Waals surface area contributed by atoms with Crippen molar-refractivity contribution in [2.75, 3.05) is 5.75 Å². The van der Waals surface area contributed by atoms with Gasteiger partial charge in [-0.1, -0.05) is 46.0 Å². The van der Waals surface area contributed by atoms with Crippen LogP contribution < -0.4 is 11.3 Å². The zero-order valence-corrected chi connectivity index (χ0v) is 11.7. The Morgan fingerprint density at radius 2 is 2.00 bits per heavy atom. The third-order valence-corrected chi connectivity index (χ3v) is 5.23. The smallest absolute Gasteiger partial charge is 0.0303 e. The van der Waals surface area contributed by atoms with E-state index in [-0.39, 0.29) is 0 Å². The summed E-state index contributed by atoms with van der Waals surface area (Å²) in [6, 6.07) is 0.516. The second-order valence-electron chi connectivity index (χ2n) is 5.16. The maximum absolute atomic E-state index is 5.65. The van der Waals surface area contributed by atoms with Crippen molar-refractivity contribution in [3.8, 4) is 0 Å². The molecule has 0 aromatic heterocycles. The Morgan fingerprint density at radius 3 is 2.56 bits per heavy atom. The topological polar surface area (TPSA) is 38.0 Å². The molecule has 0 bridgehead atoms. The fourth-order valence-corrected chi connectivity index (χ4v) is 3.44. The molecule has 1 saturated carbocycles. The summed E-state index contributed by atoms with van der Waals surface area (Å²) < 4.78 is 0. The van der Waals surface area contributed by atoms with Crippen molar-refractivity contribution in [2.45, 2.75) is 70.1 Å². The molecule has 0 spiro atoms. The molecule has 2 atom stereocenters. The number of rotatable bonds is 7. The first-order valence-corrected chi connectivity index (χ1v) is 7.88. The molecule has 2 unspecified atom stereocenters. The summed E-state index contributed by atoms with van der Waals surface area (Å²) in [5.74, 6) is 7.75. The predicted molar refractivity (Wildman–Crippen MR) is 74.5 cm³/mol. The maximum Gasteiger partial charge on any atom is 0.0303 e. The van der Waals surface area contributed by atoms with Crippen molar-refractivity contribution in [1.29, 1.82) is 0 Å². The van der Waals surface area contributed by atoms with Crippen LogP contribution in [-0.2, 0) is 0 Å². The van der Waals surface area contributed by atoms with Crippen molar-refractivity contribution in [2.24, 2.45) is 11.8 Å².